The molecule has 0 saturated heterocycles. The van der Waals surface area contributed by atoms with Gasteiger partial charge in [0.1, 0.15) is 9.96 Å². The number of sulfonamides is 2. The van der Waals surface area contributed by atoms with E-state index < -0.39 is 32.5 Å². The minimum atomic E-state index is -3.78. The largest absolute Gasteiger partial charge is 0.495 e. The summed E-state index contributed by atoms with van der Waals surface area (Å²) in [6, 6.07) is 7.09. The molecule has 0 bridgehead atoms. The Kier molecular flexibility index (Phi) is 6.83. The van der Waals surface area contributed by atoms with E-state index in [0.717, 1.165) is 19.9 Å². The van der Waals surface area contributed by atoms with Crippen LogP contribution >= 0.6 is 11.3 Å². The van der Waals surface area contributed by atoms with Crippen molar-refractivity contribution in [3.63, 3.8) is 0 Å². The van der Waals surface area contributed by atoms with Crippen molar-refractivity contribution < 1.29 is 26.4 Å². The molecule has 1 amide bonds. The van der Waals surface area contributed by atoms with E-state index in [0.29, 0.717) is 0 Å². The van der Waals surface area contributed by atoms with Gasteiger partial charge in [-0.25, -0.2) is 21.1 Å². The predicted molar refractivity (Wildman–Crippen MR) is 107 cm³/mol. The number of amides is 1. The van der Waals surface area contributed by atoms with E-state index in [4.69, 9.17) is 4.74 Å². The van der Waals surface area contributed by atoms with E-state index in [1.54, 1.807) is 11.4 Å². The molecule has 0 atom stereocenters. The molecule has 1 aromatic heterocycles. The first kappa shape index (κ1) is 22.3. The average molecular weight is 448 g/mol. The summed E-state index contributed by atoms with van der Waals surface area (Å²) in [5, 5.41) is 4.14. The lowest BCUT2D eigenvalue weighted by atomic mass is 10.3. The Labute approximate surface area is 168 Å². The Bertz CT molecular complexity index is 1050. The number of anilines is 1. The highest BCUT2D eigenvalue weighted by atomic mass is 32.2. The third kappa shape index (κ3) is 4.70. The number of hydrogen-bond donors (Lipinski definition) is 1. The summed E-state index contributed by atoms with van der Waals surface area (Å²) in [6.45, 7) is -0.450. The lowest BCUT2D eigenvalue weighted by Crippen LogP contribution is -2.34. The molecule has 1 heterocycles. The summed E-state index contributed by atoms with van der Waals surface area (Å²) < 4.78 is 56.7. The van der Waals surface area contributed by atoms with Crippen molar-refractivity contribution in [1.82, 2.24) is 8.61 Å². The summed E-state index contributed by atoms with van der Waals surface area (Å²) in [5.74, 6) is -0.393. The van der Waals surface area contributed by atoms with E-state index in [9.17, 15) is 21.6 Å². The zero-order chi connectivity index (χ0) is 21.1. The van der Waals surface area contributed by atoms with Crippen molar-refractivity contribution in [1.29, 1.82) is 0 Å². The molecule has 0 radical (unpaired) electrons. The summed E-state index contributed by atoms with van der Waals surface area (Å²) in [5.41, 5.74) is 0.123. The van der Waals surface area contributed by atoms with Crippen molar-refractivity contribution in [3.8, 4) is 5.75 Å². The molecular formula is C16H21N3O6S3. The topological polar surface area (TPSA) is 113 Å². The lowest BCUT2D eigenvalue weighted by molar-refractivity contribution is -0.116. The first-order valence-electron chi connectivity index (χ1n) is 7.90. The van der Waals surface area contributed by atoms with E-state index in [2.05, 4.69) is 5.32 Å². The van der Waals surface area contributed by atoms with Crippen molar-refractivity contribution >= 4 is 43.0 Å². The molecule has 0 aliphatic heterocycles. The van der Waals surface area contributed by atoms with Crippen molar-refractivity contribution in [2.24, 2.45) is 0 Å². The zero-order valence-electron chi connectivity index (χ0n) is 15.7. The fraction of sp³-hybridized carbons (Fsp3) is 0.312. The first-order valence-corrected chi connectivity index (χ1v) is 11.7. The third-order valence-electron chi connectivity index (χ3n) is 3.75. The van der Waals surface area contributed by atoms with Gasteiger partial charge in [0.2, 0.25) is 15.9 Å². The molecule has 1 aromatic carbocycles. The van der Waals surface area contributed by atoms with Gasteiger partial charge in [-0.3, -0.25) is 4.79 Å². The minimum absolute atomic E-state index is 0.0341. The van der Waals surface area contributed by atoms with Gasteiger partial charge in [0.25, 0.3) is 10.0 Å². The van der Waals surface area contributed by atoms with Gasteiger partial charge in [-0.15, -0.1) is 11.3 Å². The van der Waals surface area contributed by atoms with Crippen LogP contribution in [0.1, 0.15) is 0 Å². The summed E-state index contributed by atoms with van der Waals surface area (Å²) in [7, 11) is -2.05. The number of carbonyl (C=O) groups is 1. The van der Waals surface area contributed by atoms with E-state index in [1.165, 1.54) is 52.5 Å². The van der Waals surface area contributed by atoms with Crippen LogP contribution in [0.25, 0.3) is 0 Å². The molecule has 9 nitrogen and oxygen atoms in total. The van der Waals surface area contributed by atoms with Gasteiger partial charge >= 0.3 is 0 Å². The molecule has 0 saturated carbocycles. The van der Waals surface area contributed by atoms with Crippen LogP contribution in [0.15, 0.2) is 44.8 Å². The molecule has 0 aliphatic rings. The number of benzene rings is 1. The molecule has 2 rings (SSSR count). The van der Waals surface area contributed by atoms with Crippen molar-refractivity contribution in [2.45, 2.75) is 9.10 Å². The van der Waals surface area contributed by atoms with Gasteiger partial charge in [0.15, 0.2) is 0 Å². The number of likely N-dealkylation sites (N-methyl/N-ethyl adjacent to an activating group) is 1. The highest BCUT2D eigenvalue weighted by Gasteiger charge is 2.25. The highest BCUT2D eigenvalue weighted by molar-refractivity contribution is 7.91. The zero-order valence-corrected chi connectivity index (χ0v) is 18.2. The SMILES string of the molecule is COc1ccc(S(=O)(=O)N(C)C)cc1NC(=O)CN(C)S(=O)(=O)c1cccs1. The average Bonchev–Trinajstić information content (AvgIpc) is 3.16. The fourth-order valence-corrected chi connectivity index (χ4v) is 5.45. The lowest BCUT2D eigenvalue weighted by Gasteiger charge is -2.18. The Morgan fingerprint density at radius 1 is 1.11 bits per heavy atom. The molecule has 0 spiro atoms. The smallest absolute Gasteiger partial charge is 0.252 e. The van der Waals surface area contributed by atoms with Crippen molar-refractivity contribution in [3.05, 3.63) is 35.7 Å². The minimum Gasteiger partial charge on any atom is -0.495 e. The number of methoxy groups -OCH3 is 1. The second kappa shape index (κ2) is 8.57. The first-order chi connectivity index (χ1) is 13.0. The second-order valence-electron chi connectivity index (χ2n) is 5.89. The normalized spacial score (nSPS) is 12.4. The molecule has 0 fully saturated rings. The molecule has 154 valence electrons. The summed E-state index contributed by atoms with van der Waals surface area (Å²) in [6.07, 6.45) is 0. The number of carbonyl (C=O) groups excluding carboxylic acids is 1. The molecule has 2 aromatic rings. The van der Waals surface area contributed by atoms with Crippen LogP contribution in [0, 0.1) is 0 Å². The maximum atomic E-state index is 12.4. The third-order valence-corrected chi connectivity index (χ3v) is 8.74. The Balaban J connectivity index is 2.23. The van der Waals surface area contributed by atoms with Gasteiger partial charge in [0.05, 0.1) is 24.2 Å². The van der Waals surface area contributed by atoms with Crippen molar-refractivity contribution in [2.75, 3.05) is 40.1 Å². The maximum Gasteiger partial charge on any atom is 0.252 e. The fourth-order valence-electron chi connectivity index (χ4n) is 2.20. The number of hydrogen-bond acceptors (Lipinski definition) is 7. The standard InChI is InChI=1S/C16H21N3O6S3/c1-18(2)27(21,22)12-7-8-14(25-4)13(10-12)17-15(20)11-19(3)28(23,24)16-6-5-9-26-16/h5-10H,11H2,1-4H3,(H,17,20). The van der Waals surface area contributed by atoms with E-state index in [1.807, 2.05) is 0 Å². The predicted octanol–water partition coefficient (Wildman–Crippen LogP) is 1.27. The van der Waals surface area contributed by atoms with Gasteiger partial charge < -0.3 is 10.1 Å². The number of thiophene rings is 1. The van der Waals surface area contributed by atoms with Gasteiger partial charge in [-0.1, -0.05) is 6.07 Å². The number of nitrogens with one attached hydrogen (secondary N) is 1. The molecule has 0 unspecified atom stereocenters. The van der Waals surface area contributed by atoms with Crippen LogP contribution < -0.4 is 10.1 Å². The van der Waals surface area contributed by atoms with Crippen LogP contribution in [-0.2, 0) is 24.8 Å². The van der Waals surface area contributed by atoms with Crippen LogP contribution in [0.2, 0.25) is 0 Å². The molecule has 12 heteroatoms. The number of rotatable bonds is 8. The molecule has 1 N–H and O–H groups in total. The Morgan fingerprint density at radius 3 is 2.32 bits per heavy atom. The van der Waals surface area contributed by atoms with Gasteiger partial charge in [-0.05, 0) is 29.6 Å². The van der Waals surface area contributed by atoms with Crippen LogP contribution in [0.3, 0.4) is 0 Å². The second-order valence-corrected chi connectivity index (χ2v) is 11.3. The highest BCUT2D eigenvalue weighted by Crippen LogP contribution is 2.28. The quantitative estimate of drug-likeness (QED) is 0.652. The number of nitrogens with zero attached hydrogens (tertiary/aromatic N) is 2. The van der Waals surface area contributed by atoms with Crippen LogP contribution in [0.4, 0.5) is 5.69 Å². The molecular weight excluding hydrogens is 426 g/mol. The molecule has 28 heavy (non-hydrogen) atoms. The van der Waals surface area contributed by atoms with E-state index >= 15 is 0 Å². The van der Waals surface area contributed by atoms with Crippen LogP contribution in [0.5, 0.6) is 5.75 Å². The summed E-state index contributed by atoms with van der Waals surface area (Å²) in [4.78, 5) is 12.3. The van der Waals surface area contributed by atoms with E-state index in [-0.39, 0.29) is 20.5 Å². The summed E-state index contributed by atoms with van der Waals surface area (Å²) >= 11 is 1.05. The number of ether oxygens (including phenoxy) is 1. The van der Waals surface area contributed by atoms with Gasteiger partial charge in [-0.2, -0.15) is 4.31 Å². The van der Waals surface area contributed by atoms with Crippen LogP contribution in [-0.4, -0.2) is 66.2 Å². The molecule has 0 aliphatic carbocycles. The Hall–Kier alpha value is -1.99. The monoisotopic (exact) mass is 447 g/mol. The van der Waals surface area contributed by atoms with Gasteiger partial charge in [0, 0.05) is 21.1 Å². The Morgan fingerprint density at radius 2 is 1.79 bits per heavy atom. The maximum absolute atomic E-state index is 12.4.